The largest absolute Gasteiger partial charge is 0.359 e. The summed E-state index contributed by atoms with van der Waals surface area (Å²) in [4.78, 5) is 4.85. The van der Waals surface area contributed by atoms with Gasteiger partial charge in [0.05, 0.1) is 6.04 Å². The first-order chi connectivity index (χ1) is 7.05. The second-order valence-corrected chi connectivity index (χ2v) is 6.62. The van der Waals surface area contributed by atoms with Gasteiger partial charge in [0.25, 0.3) is 0 Å². The summed E-state index contributed by atoms with van der Waals surface area (Å²) in [5, 5.41) is 4.69. The van der Waals surface area contributed by atoms with Gasteiger partial charge in [-0.1, -0.05) is 31.5 Å². The van der Waals surface area contributed by atoms with Crippen LogP contribution >= 0.6 is 11.8 Å². The van der Waals surface area contributed by atoms with E-state index in [2.05, 4.69) is 26.1 Å². The standard InChI is InChI=1S/C12H22N2S/c1-9-5-4-6-10(7-9)13-11-14-12(2,3)8-15-11/h9-10H,4-8H2,1-3H3,(H,13,14). The van der Waals surface area contributed by atoms with Crippen LogP contribution in [0.5, 0.6) is 0 Å². The highest BCUT2D eigenvalue weighted by Gasteiger charge is 2.28. The molecule has 1 heterocycles. The third-order valence-electron chi connectivity index (χ3n) is 3.22. The molecule has 0 aromatic carbocycles. The highest BCUT2D eigenvalue weighted by Crippen LogP contribution is 2.28. The number of rotatable bonds is 1. The summed E-state index contributed by atoms with van der Waals surface area (Å²) in [5.41, 5.74) is 0.240. The van der Waals surface area contributed by atoms with E-state index in [9.17, 15) is 0 Å². The molecule has 2 aliphatic rings. The minimum absolute atomic E-state index is 0.240. The summed E-state index contributed by atoms with van der Waals surface area (Å²) in [5.74, 6) is 2.01. The highest BCUT2D eigenvalue weighted by molar-refractivity contribution is 8.14. The van der Waals surface area contributed by atoms with E-state index in [1.807, 2.05) is 11.8 Å². The van der Waals surface area contributed by atoms with E-state index >= 15 is 0 Å². The van der Waals surface area contributed by atoms with Crippen molar-refractivity contribution in [2.75, 3.05) is 5.75 Å². The Kier molecular flexibility index (Phi) is 3.29. The van der Waals surface area contributed by atoms with Gasteiger partial charge in [-0.3, -0.25) is 4.99 Å². The van der Waals surface area contributed by atoms with E-state index in [-0.39, 0.29) is 5.54 Å². The monoisotopic (exact) mass is 226 g/mol. The molecule has 2 fully saturated rings. The summed E-state index contributed by atoms with van der Waals surface area (Å²) in [6.45, 7) is 6.84. The molecule has 1 saturated heterocycles. The molecule has 1 saturated carbocycles. The van der Waals surface area contributed by atoms with Gasteiger partial charge >= 0.3 is 0 Å². The lowest BCUT2D eigenvalue weighted by molar-refractivity contribution is 0.345. The number of aliphatic imine (C=N–C) groups is 1. The van der Waals surface area contributed by atoms with Crippen LogP contribution in [0.3, 0.4) is 0 Å². The van der Waals surface area contributed by atoms with Crippen LogP contribution < -0.4 is 5.32 Å². The molecule has 3 heteroatoms. The number of hydrogen-bond acceptors (Lipinski definition) is 2. The fraction of sp³-hybridized carbons (Fsp3) is 0.917. The van der Waals surface area contributed by atoms with E-state index < -0.39 is 0 Å². The molecule has 0 aromatic heterocycles. The van der Waals surface area contributed by atoms with Crippen molar-refractivity contribution in [1.82, 2.24) is 5.32 Å². The molecule has 0 spiro atoms. The first-order valence-corrected chi connectivity index (χ1v) is 7.02. The maximum Gasteiger partial charge on any atom is 0.157 e. The normalized spacial score (nSPS) is 37.9. The Morgan fingerprint density at radius 2 is 2.20 bits per heavy atom. The zero-order valence-corrected chi connectivity index (χ0v) is 10.9. The summed E-state index contributed by atoms with van der Waals surface area (Å²) in [7, 11) is 0. The van der Waals surface area contributed by atoms with Gasteiger partial charge in [-0.2, -0.15) is 0 Å². The fourth-order valence-electron chi connectivity index (χ4n) is 2.37. The molecule has 1 aliphatic heterocycles. The van der Waals surface area contributed by atoms with Crippen molar-refractivity contribution in [1.29, 1.82) is 0 Å². The molecule has 0 bridgehead atoms. The topological polar surface area (TPSA) is 24.4 Å². The molecule has 2 nitrogen and oxygen atoms in total. The quantitative estimate of drug-likeness (QED) is 0.743. The van der Waals surface area contributed by atoms with Crippen molar-refractivity contribution in [3.63, 3.8) is 0 Å². The molecule has 1 aliphatic carbocycles. The average molecular weight is 226 g/mol. The van der Waals surface area contributed by atoms with E-state index in [0.29, 0.717) is 6.04 Å². The molecule has 0 amide bonds. The molecular weight excluding hydrogens is 204 g/mol. The van der Waals surface area contributed by atoms with Crippen LogP contribution in [-0.2, 0) is 0 Å². The van der Waals surface area contributed by atoms with E-state index in [0.717, 1.165) is 11.7 Å². The Morgan fingerprint density at radius 3 is 2.80 bits per heavy atom. The molecule has 1 N–H and O–H groups in total. The maximum absolute atomic E-state index is 4.85. The zero-order valence-electron chi connectivity index (χ0n) is 10.0. The van der Waals surface area contributed by atoms with Crippen LogP contribution in [0.4, 0.5) is 0 Å². The molecule has 2 atom stereocenters. The molecule has 0 aromatic rings. The van der Waals surface area contributed by atoms with Crippen molar-refractivity contribution in [3.05, 3.63) is 0 Å². The Balaban J connectivity index is 1.93. The minimum atomic E-state index is 0.240. The highest BCUT2D eigenvalue weighted by atomic mass is 32.2. The van der Waals surface area contributed by atoms with Gasteiger partial charge in [0.2, 0.25) is 0 Å². The lowest BCUT2D eigenvalue weighted by Crippen LogP contribution is -2.37. The van der Waals surface area contributed by atoms with Crippen molar-refractivity contribution < 1.29 is 0 Å². The minimum Gasteiger partial charge on any atom is -0.359 e. The van der Waals surface area contributed by atoms with E-state index in [4.69, 9.17) is 4.99 Å². The second kappa shape index (κ2) is 4.36. The fourth-order valence-corrected chi connectivity index (χ4v) is 3.51. The van der Waals surface area contributed by atoms with Crippen molar-refractivity contribution >= 4 is 16.9 Å². The molecule has 0 radical (unpaired) electrons. The molecule has 2 rings (SSSR count). The van der Waals surface area contributed by atoms with Crippen molar-refractivity contribution in [2.24, 2.45) is 10.9 Å². The van der Waals surface area contributed by atoms with Crippen molar-refractivity contribution in [3.8, 4) is 0 Å². The number of amidine groups is 1. The first kappa shape index (κ1) is 11.3. The van der Waals surface area contributed by atoms with Crippen LogP contribution in [0.25, 0.3) is 0 Å². The smallest absolute Gasteiger partial charge is 0.157 e. The summed E-state index contributed by atoms with van der Waals surface area (Å²) < 4.78 is 0. The number of thioether (sulfide) groups is 1. The second-order valence-electron chi connectivity index (χ2n) is 5.66. The van der Waals surface area contributed by atoms with Gasteiger partial charge in [-0.05, 0) is 32.6 Å². The molecule has 2 unspecified atom stereocenters. The van der Waals surface area contributed by atoms with Gasteiger partial charge in [0, 0.05) is 11.3 Å². The lowest BCUT2D eigenvalue weighted by atomic mass is 9.87. The summed E-state index contributed by atoms with van der Waals surface area (Å²) in [6.07, 6.45) is 5.33. The average Bonchev–Trinajstić information content (AvgIpc) is 2.45. The Hall–Kier alpha value is -0.180. The molecular formula is C12H22N2S. The van der Waals surface area contributed by atoms with Gasteiger partial charge in [-0.15, -0.1) is 0 Å². The van der Waals surface area contributed by atoms with Crippen LogP contribution in [-0.4, -0.2) is 22.5 Å². The Bertz CT molecular complexity index is 260. The maximum atomic E-state index is 4.85. The zero-order chi connectivity index (χ0) is 10.9. The van der Waals surface area contributed by atoms with Crippen LogP contribution in [0.1, 0.15) is 46.5 Å². The van der Waals surface area contributed by atoms with Gasteiger partial charge in [0.1, 0.15) is 0 Å². The SMILES string of the molecule is CC1CCCC(N=C2NC(C)(C)CS2)C1. The van der Waals surface area contributed by atoms with Crippen LogP contribution in [0.2, 0.25) is 0 Å². The number of nitrogens with one attached hydrogen (secondary N) is 1. The summed E-state index contributed by atoms with van der Waals surface area (Å²) >= 11 is 1.88. The lowest BCUT2D eigenvalue weighted by Gasteiger charge is -2.24. The Labute approximate surface area is 97.3 Å². The Morgan fingerprint density at radius 1 is 1.40 bits per heavy atom. The van der Waals surface area contributed by atoms with Crippen LogP contribution in [0.15, 0.2) is 4.99 Å². The van der Waals surface area contributed by atoms with Crippen molar-refractivity contribution in [2.45, 2.75) is 58.0 Å². The number of hydrogen-bond donors (Lipinski definition) is 1. The van der Waals surface area contributed by atoms with Gasteiger partial charge in [0.15, 0.2) is 5.17 Å². The summed E-state index contributed by atoms with van der Waals surface area (Å²) in [6, 6.07) is 0.581. The predicted octanol–water partition coefficient (Wildman–Crippen LogP) is 3.04. The third kappa shape index (κ3) is 3.13. The van der Waals surface area contributed by atoms with E-state index in [1.54, 1.807) is 0 Å². The van der Waals surface area contributed by atoms with Crippen LogP contribution in [0, 0.1) is 5.92 Å². The molecule has 15 heavy (non-hydrogen) atoms. The first-order valence-electron chi connectivity index (χ1n) is 6.04. The van der Waals surface area contributed by atoms with Gasteiger partial charge in [-0.25, -0.2) is 0 Å². The third-order valence-corrected chi connectivity index (χ3v) is 4.57. The number of nitrogens with zero attached hydrogens (tertiary/aromatic N) is 1. The predicted molar refractivity (Wildman–Crippen MR) is 68.5 cm³/mol. The molecule has 86 valence electrons. The van der Waals surface area contributed by atoms with Gasteiger partial charge < -0.3 is 5.32 Å². The van der Waals surface area contributed by atoms with E-state index in [1.165, 1.54) is 30.9 Å².